The van der Waals surface area contributed by atoms with Gasteiger partial charge in [-0.05, 0) is 39.2 Å². The van der Waals surface area contributed by atoms with E-state index in [-0.39, 0.29) is 24.1 Å². The summed E-state index contributed by atoms with van der Waals surface area (Å²) in [5.41, 5.74) is 0. The summed E-state index contributed by atoms with van der Waals surface area (Å²) in [5.74, 6) is -0.297. The number of hydrogen-bond acceptors (Lipinski definition) is 4. The predicted molar refractivity (Wildman–Crippen MR) is 75.2 cm³/mol. The second kappa shape index (κ2) is 7.04. The van der Waals surface area contributed by atoms with E-state index in [9.17, 15) is 14.7 Å². The maximum absolute atomic E-state index is 12.0. The zero-order valence-electron chi connectivity index (χ0n) is 12.1. The predicted octanol–water partition coefficient (Wildman–Crippen LogP) is 0.600. The third kappa shape index (κ3) is 4.18. The molecule has 0 radical (unpaired) electrons. The number of rotatable bonds is 3. The summed E-state index contributed by atoms with van der Waals surface area (Å²) in [6, 6.07) is -0.583. The highest BCUT2D eigenvalue weighted by Gasteiger charge is 2.27. The quantitative estimate of drug-likeness (QED) is 0.708. The van der Waals surface area contributed by atoms with Crippen molar-refractivity contribution in [3.05, 3.63) is 0 Å². The minimum Gasteiger partial charge on any atom is -0.392 e. The number of β-amino-alcohol motifs (C(OH)–C–C–N with tert-alkyl or cyclic N) is 1. The fraction of sp³-hybridized carbons (Fsp3) is 0.857. The lowest BCUT2D eigenvalue weighted by molar-refractivity contribution is -0.125. The molecule has 20 heavy (non-hydrogen) atoms. The zero-order valence-corrected chi connectivity index (χ0v) is 12.1. The van der Waals surface area contributed by atoms with Crippen LogP contribution in [0.3, 0.4) is 0 Å². The highest BCUT2D eigenvalue weighted by Crippen LogP contribution is 2.17. The summed E-state index contributed by atoms with van der Waals surface area (Å²) in [4.78, 5) is 25.7. The number of hydrogen-bond donors (Lipinski definition) is 3. The van der Waals surface area contributed by atoms with Crippen molar-refractivity contribution >= 4 is 11.9 Å². The van der Waals surface area contributed by atoms with Gasteiger partial charge in [0.25, 0.3) is 0 Å². The van der Waals surface area contributed by atoms with Gasteiger partial charge in [-0.25, -0.2) is 4.79 Å². The van der Waals surface area contributed by atoms with Crippen molar-refractivity contribution in [1.82, 2.24) is 15.5 Å². The summed E-state index contributed by atoms with van der Waals surface area (Å²) >= 11 is 0. The van der Waals surface area contributed by atoms with Crippen molar-refractivity contribution in [3.8, 4) is 0 Å². The fourth-order valence-corrected chi connectivity index (χ4v) is 3.01. The van der Waals surface area contributed by atoms with Gasteiger partial charge >= 0.3 is 6.03 Å². The molecular formula is C14H25N3O3. The molecule has 0 spiro atoms. The van der Waals surface area contributed by atoms with Crippen molar-refractivity contribution in [1.29, 1.82) is 0 Å². The summed E-state index contributed by atoms with van der Waals surface area (Å²) < 4.78 is 0. The number of nitrogens with zero attached hydrogens (tertiary/aromatic N) is 1. The van der Waals surface area contributed by atoms with Crippen molar-refractivity contribution in [2.24, 2.45) is 0 Å². The Bertz CT molecular complexity index is 356. The number of imide groups is 1. The first-order chi connectivity index (χ1) is 9.56. The lowest BCUT2D eigenvalue weighted by atomic mass is 10.1. The van der Waals surface area contributed by atoms with Gasteiger partial charge in [-0.15, -0.1) is 0 Å². The first-order valence-corrected chi connectivity index (χ1v) is 7.59. The van der Waals surface area contributed by atoms with Crippen LogP contribution < -0.4 is 10.6 Å². The summed E-state index contributed by atoms with van der Waals surface area (Å²) in [7, 11) is 0. The van der Waals surface area contributed by atoms with Gasteiger partial charge in [0, 0.05) is 12.6 Å². The minimum absolute atomic E-state index is 0.204. The van der Waals surface area contributed by atoms with Gasteiger partial charge in [-0.1, -0.05) is 12.8 Å². The Morgan fingerprint density at radius 1 is 1.20 bits per heavy atom. The van der Waals surface area contributed by atoms with Crippen molar-refractivity contribution in [3.63, 3.8) is 0 Å². The van der Waals surface area contributed by atoms with Crippen molar-refractivity contribution in [2.45, 2.75) is 63.6 Å². The van der Waals surface area contributed by atoms with Crippen LogP contribution in [0, 0.1) is 0 Å². The molecule has 0 aromatic rings. The molecule has 2 aliphatic rings. The molecule has 0 bridgehead atoms. The molecule has 6 nitrogen and oxygen atoms in total. The van der Waals surface area contributed by atoms with Crippen LogP contribution in [0.15, 0.2) is 0 Å². The SMILES string of the molecule is C[C@@H](C(=O)NC(=O)NC1CCCC1)N1CCC[C@@H](O)C1. The number of urea groups is 1. The molecule has 1 saturated heterocycles. The van der Waals surface area contributed by atoms with Crippen LogP contribution in [0.25, 0.3) is 0 Å². The molecule has 3 amide bonds. The molecule has 1 aliphatic carbocycles. The third-order valence-electron chi connectivity index (χ3n) is 4.28. The lowest BCUT2D eigenvalue weighted by Crippen LogP contribution is -2.53. The summed E-state index contributed by atoms with van der Waals surface area (Å²) in [6.07, 6.45) is 5.57. The van der Waals surface area contributed by atoms with Gasteiger partial charge in [0.2, 0.25) is 5.91 Å². The topological polar surface area (TPSA) is 81.7 Å². The molecule has 2 rings (SSSR count). The van der Waals surface area contributed by atoms with Crippen LogP contribution >= 0.6 is 0 Å². The summed E-state index contributed by atoms with van der Waals surface area (Å²) in [5, 5.41) is 14.9. The molecular weight excluding hydrogens is 258 g/mol. The number of amides is 3. The van der Waals surface area contributed by atoms with E-state index in [4.69, 9.17) is 0 Å². The van der Waals surface area contributed by atoms with Crippen molar-refractivity contribution in [2.75, 3.05) is 13.1 Å². The highest BCUT2D eigenvalue weighted by atomic mass is 16.3. The normalized spacial score (nSPS) is 26.2. The molecule has 0 aromatic carbocycles. The van der Waals surface area contributed by atoms with E-state index < -0.39 is 6.03 Å². The number of carbonyl (C=O) groups is 2. The van der Waals surface area contributed by atoms with E-state index in [1.165, 1.54) is 0 Å². The Kier molecular flexibility index (Phi) is 5.37. The van der Waals surface area contributed by atoms with E-state index in [0.29, 0.717) is 6.54 Å². The molecule has 0 unspecified atom stereocenters. The highest BCUT2D eigenvalue weighted by molar-refractivity contribution is 5.96. The number of piperidine rings is 1. The van der Waals surface area contributed by atoms with Crippen LogP contribution in [-0.2, 0) is 4.79 Å². The lowest BCUT2D eigenvalue weighted by Gasteiger charge is -2.33. The average Bonchev–Trinajstić information content (AvgIpc) is 2.90. The first kappa shape index (κ1) is 15.3. The smallest absolute Gasteiger partial charge is 0.321 e. The first-order valence-electron chi connectivity index (χ1n) is 7.59. The van der Waals surface area contributed by atoms with Gasteiger partial charge in [0.15, 0.2) is 0 Å². The molecule has 6 heteroatoms. The van der Waals surface area contributed by atoms with E-state index in [2.05, 4.69) is 10.6 Å². The van der Waals surface area contributed by atoms with E-state index in [0.717, 1.165) is 45.1 Å². The van der Waals surface area contributed by atoms with Crippen LogP contribution in [0.2, 0.25) is 0 Å². The molecule has 3 N–H and O–H groups in total. The van der Waals surface area contributed by atoms with Crippen LogP contribution in [-0.4, -0.2) is 53.2 Å². The summed E-state index contributed by atoms with van der Waals surface area (Å²) in [6.45, 7) is 3.06. The zero-order chi connectivity index (χ0) is 14.5. The Morgan fingerprint density at radius 3 is 2.55 bits per heavy atom. The average molecular weight is 283 g/mol. The largest absolute Gasteiger partial charge is 0.392 e. The van der Waals surface area contributed by atoms with Gasteiger partial charge in [-0.2, -0.15) is 0 Å². The van der Waals surface area contributed by atoms with E-state index in [1.54, 1.807) is 6.92 Å². The number of aliphatic hydroxyl groups excluding tert-OH is 1. The Labute approximate surface area is 119 Å². The van der Waals surface area contributed by atoms with E-state index >= 15 is 0 Å². The molecule has 2 fully saturated rings. The Hall–Kier alpha value is -1.14. The Balaban J connectivity index is 1.76. The number of aliphatic hydroxyl groups is 1. The Morgan fingerprint density at radius 2 is 1.90 bits per heavy atom. The van der Waals surface area contributed by atoms with Crippen LogP contribution in [0.1, 0.15) is 45.4 Å². The maximum Gasteiger partial charge on any atom is 0.321 e. The monoisotopic (exact) mass is 283 g/mol. The van der Waals surface area contributed by atoms with Gasteiger partial charge in [-0.3, -0.25) is 15.0 Å². The molecule has 0 aromatic heterocycles. The molecule has 114 valence electrons. The van der Waals surface area contributed by atoms with Crippen molar-refractivity contribution < 1.29 is 14.7 Å². The van der Waals surface area contributed by atoms with Crippen LogP contribution in [0.5, 0.6) is 0 Å². The second-order valence-corrected chi connectivity index (χ2v) is 5.91. The van der Waals surface area contributed by atoms with Gasteiger partial charge < -0.3 is 10.4 Å². The second-order valence-electron chi connectivity index (χ2n) is 5.91. The number of likely N-dealkylation sites (tertiary alicyclic amines) is 1. The maximum atomic E-state index is 12.0. The number of nitrogens with one attached hydrogen (secondary N) is 2. The third-order valence-corrected chi connectivity index (χ3v) is 4.28. The standard InChI is InChI=1S/C14H25N3O3/c1-10(17-8-4-7-12(18)9-17)13(19)16-14(20)15-11-5-2-3-6-11/h10-12,18H,2-9H2,1H3,(H2,15,16,19,20)/t10-,12+/m0/s1. The fourth-order valence-electron chi connectivity index (χ4n) is 3.01. The molecule has 1 heterocycles. The van der Waals surface area contributed by atoms with E-state index in [1.807, 2.05) is 4.90 Å². The number of carbonyl (C=O) groups excluding carboxylic acids is 2. The minimum atomic E-state index is -0.397. The molecule has 1 aliphatic heterocycles. The molecule has 1 saturated carbocycles. The van der Waals surface area contributed by atoms with Gasteiger partial charge in [0.05, 0.1) is 12.1 Å². The van der Waals surface area contributed by atoms with Gasteiger partial charge in [0.1, 0.15) is 0 Å². The molecule has 2 atom stereocenters. The van der Waals surface area contributed by atoms with Crippen LogP contribution in [0.4, 0.5) is 4.79 Å².